The van der Waals surface area contributed by atoms with Gasteiger partial charge in [0.1, 0.15) is 5.75 Å². The number of ether oxygens (including phenoxy) is 1. The highest BCUT2D eigenvalue weighted by atomic mass is 16.5. The number of hydrogen-bond donors (Lipinski definition) is 1. The first-order valence-electron chi connectivity index (χ1n) is 7.47. The molecule has 1 amide bonds. The summed E-state index contributed by atoms with van der Waals surface area (Å²) in [5, 5.41) is 14.1. The van der Waals surface area contributed by atoms with Crippen LogP contribution in [0.5, 0.6) is 5.75 Å². The highest BCUT2D eigenvalue weighted by Crippen LogP contribution is 2.20. The summed E-state index contributed by atoms with van der Waals surface area (Å²) in [5.41, 5.74) is 1.77. The minimum atomic E-state index is -0.339. The summed E-state index contributed by atoms with van der Waals surface area (Å²) < 4.78 is 6.95. The van der Waals surface area contributed by atoms with Crippen LogP contribution in [0.15, 0.2) is 48.5 Å². The van der Waals surface area contributed by atoms with Crippen LogP contribution in [0.3, 0.4) is 0 Å². The normalized spacial score (nSPS) is 10.3. The van der Waals surface area contributed by atoms with Crippen molar-refractivity contribution < 1.29 is 14.3 Å². The van der Waals surface area contributed by atoms with Crippen LogP contribution in [0.25, 0.3) is 11.4 Å². The zero-order valence-electron chi connectivity index (χ0n) is 13.4. The van der Waals surface area contributed by atoms with Gasteiger partial charge in [0.25, 0.3) is 5.91 Å². The number of para-hydroxylation sites is 1. The number of hydrogen-bond acceptors (Lipinski definition) is 6. The minimum Gasteiger partial charge on any atom is -0.483 e. The molecule has 1 N–H and O–H groups in total. The van der Waals surface area contributed by atoms with E-state index in [2.05, 4.69) is 20.8 Å². The fraction of sp³-hybridized carbons (Fsp3) is 0.118. The Balaban J connectivity index is 1.65. The Labute approximate surface area is 143 Å². The van der Waals surface area contributed by atoms with Crippen molar-refractivity contribution >= 4 is 17.9 Å². The molecule has 0 unspecified atom stereocenters. The summed E-state index contributed by atoms with van der Waals surface area (Å²) in [5.74, 6) is 0.618. The van der Waals surface area contributed by atoms with E-state index >= 15 is 0 Å². The third-order valence-corrected chi connectivity index (χ3v) is 3.43. The third kappa shape index (κ3) is 3.86. The van der Waals surface area contributed by atoms with E-state index in [9.17, 15) is 9.59 Å². The van der Waals surface area contributed by atoms with Crippen molar-refractivity contribution in [3.05, 3.63) is 54.1 Å². The number of aryl methyl sites for hydroxylation is 1. The Bertz CT molecular complexity index is 907. The molecule has 3 rings (SSSR count). The van der Waals surface area contributed by atoms with E-state index in [1.807, 2.05) is 6.07 Å². The van der Waals surface area contributed by atoms with Crippen LogP contribution in [-0.2, 0) is 11.8 Å². The molecule has 1 aromatic heterocycles. The van der Waals surface area contributed by atoms with Gasteiger partial charge in [0, 0.05) is 18.3 Å². The molecule has 0 aliphatic rings. The molecule has 0 saturated heterocycles. The molecule has 126 valence electrons. The summed E-state index contributed by atoms with van der Waals surface area (Å²) in [6.07, 6.45) is 0.686. The topological polar surface area (TPSA) is 99.0 Å². The lowest BCUT2D eigenvalue weighted by atomic mass is 10.2. The molecule has 0 aliphatic heterocycles. The molecule has 0 atom stereocenters. The second-order valence-electron chi connectivity index (χ2n) is 5.20. The van der Waals surface area contributed by atoms with Crippen LogP contribution in [0.4, 0.5) is 5.69 Å². The Kier molecular flexibility index (Phi) is 4.79. The number of anilines is 1. The Morgan fingerprint density at radius 1 is 1.24 bits per heavy atom. The average Bonchev–Trinajstić information content (AvgIpc) is 3.06. The van der Waals surface area contributed by atoms with Crippen LogP contribution in [0.1, 0.15) is 10.4 Å². The first kappa shape index (κ1) is 16.3. The number of rotatable bonds is 6. The Hall–Kier alpha value is -3.55. The molecule has 2 aromatic carbocycles. The van der Waals surface area contributed by atoms with Crippen molar-refractivity contribution in [2.24, 2.45) is 7.05 Å². The first-order valence-corrected chi connectivity index (χ1v) is 7.47. The van der Waals surface area contributed by atoms with Crippen molar-refractivity contribution in [3.63, 3.8) is 0 Å². The van der Waals surface area contributed by atoms with E-state index in [0.717, 1.165) is 5.56 Å². The molecular formula is C17H15N5O3. The smallest absolute Gasteiger partial charge is 0.262 e. The zero-order chi connectivity index (χ0) is 17.6. The lowest BCUT2D eigenvalue weighted by molar-refractivity contribution is -0.118. The number of tetrazole rings is 1. The van der Waals surface area contributed by atoms with Gasteiger partial charge in [-0.25, -0.2) is 4.68 Å². The average molecular weight is 337 g/mol. The second-order valence-corrected chi connectivity index (χ2v) is 5.20. The summed E-state index contributed by atoms with van der Waals surface area (Å²) in [7, 11) is 1.74. The summed E-state index contributed by atoms with van der Waals surface area (Å²) in [6, 6.07) is 13.9. The second kappa shape index (κ2) is 7.35. The minimum absolute atomic E-state index is 0.208. The number of amides is 1. The molecule has 8 nitrogen and oxygen atoms in total. The highest BCUT2D eigenvalue weighted by Gasteiger charge is 2.09. The van der Waals surface area contributed by atoms with E-state index in [4.69, 9.17) is 4.74 Å². The van der Waals surface area contributed by atoms with Gasteiger partial charge in [0.15, 0.2) is 18.7 Å². The molecule has 0 spiro atoms. The van der Waals surface area contributed by atoms with E-state index < -0.39 is 0 Å². The van der Waals surface area contributed by atoms with Gasteiger partial charge in [-0.15, -0.1) is 5.10 Å². The Morgan fingerprint density at radius 3 is 2.84 bits per heavy atom. The van der Waals surface area contributed by atoms with Gasteiger partial charge < -0.3 is 10.1 Å². The largest absolute Gasteiger partial charge is 0.483 e. The molecule has 0 fully saturated rings. The summed E-state index contributed by atoms with van der Waals surface area (Å²) in [4.78, 5) is 23.0. The lowest BCUT2D eigenvalue weighted by Crippen LogP contribution is -2.20. The first-order chi connectivity index (χ1) is 12.2. The fourth-order valence-electron chi connectivity index (χ4n) is 2.26. The molecular weight excluding hydrogens is 322 g/mol. The van der Waals surface area contributed by atoms with Crippen molar-refractivity contribution in [1.82, 2.24) is 20.2 Å². The summed E-state index contributed by atoms with van der Waals surface area (Å²) >= 11 is 0. The van der Waals surface area contributed by atoms with Gasteiger partial charge in [-0.3, -0.25) is 9.59 Å². The molecule has 3 aromatic rings. The number of carbonyl (C=O) groups is 2. The SMILES string of the molecule is Cn1nnnc1-c1cccc(NC(=O)COc2ccccc2C=O)c1. The van der Waals surface area contributed by atoms with Crippen LogP contribution in [0.2, 0.25) is 0 Å². The number of aldehydes is 1. The van der Waals surface area contributed by atoms with Gasteiger partial charge in [0.2, 0.25) is 0 Å². The predicted octanol–water partition coefficient (Wildman–Crippen LogP) is 1.71. The number of aromatic nitrogens is 4. The molecule has 8 heteroatoms. The number of benzene rings is 2. The van der Waals surface area contributed by atoms with Crippen LogP contribution in [0, 0.1) is 0 Å². The van der Waals surface area contributed by atoms with Gasteiger partial charge in [-0.2, -0.15) is 0 Å². The molecule has 1 heterocycles. The molecule has 0 radical (unpaired) electrons. The number of nitrogens with zero attached hydrogens (tertiary/aromatic N) is 4. The monoisotopic (exact) mass is 337 g/mol. The van der Waals surface area contributed by atoms with Crippen LogP contribution < -0.4 is 10.1 Å². The fourth-order valence-corrected chi connectivity index (χ4v) is 2.26. The zero-order valence-corrected chi connectivity index (χ0v) is 13.4. The maximum absolute atomic E-state index is 12.1. The highest BCUT2D eigenvalue weighted by molar-refractivity contribution is 5.92. The molecule has 0 saturated carbocycles. The maximum atomic E-state index is 12.1. The molecule has 0 aliphatic carbocycles. The van der Waals surface area contributed by atoms with Crippen molar-refractivity contribution in [1.29, 1.82) is 0 Å². The molecule has 25 heavy (non-hydrogen) atoms. The summed E-state index contributed by atoms with van der Waals surface area (Å²) in [6.45, 7) is -0.208. The third-order valence-electron chi connectivity index (χ3n) is 3.43. The standard InChI is InChI=1S/C17H15N5O3/c1-22-17(19-20-21-22)12-6-4-7-14(9-12)18-16(24)11-25-15-8-3-2-5-13(15)10-23/h2-10H,11H2,1H3,(H,18,24). The van der Waals surface area contributed by atoms with Crippen molar-refractivity contribution in [2.75, 3.05) is 11.9 Å². The number of carbonyl (C=O) groups excluding carboxylic acids is 2. The molecule has 0 bridgehead atoms. The lowest BCUT2D eigenvalue weighted by Gasteiger charge is -2.09. The van der Waals surface area contributed by atoms with Gasteiger partial charge in [0.05, 0.1) is 5.56 Å². The van der Waals surface area contributed by atoms with Crippen LogP contribution in [-0.4, -0.2) is 39.0 Å². The predicted molar refractivity (Wildman–Crippen MR) is 90.2 cm³/mol. The van der Waals surface area contributed by atoms with Crippen LogP contribution >= 0.6 is 0 Å². The quantitative estimate of drug-likeness (QED) is 0.688. The van der Waals surface area contributed by atoms with Gasteiger partial charge in [-0.1, -0.05) is 24.3 Å². The Morgan fingerprint density at radius 2 is 2.08 bits per heavy atom. The van der Waals surface area contributed by atoms with Crippen molar-refractivity contribution in [3.8, 4) is 17.1 Å². The van der Waals surface area contributed by atoms with E-state index in [-0.39, 0.29) is 12.5 Å². The van der Waals surface area contributed by atoms with E-state index in [1.165, 1.54) is 0 Å². The van der Waals surface area contributed by atoms with Crippen molar-refractivity contribution in [2.45, 2.75) is 0 Å². The van der Waals surface area contributed by atoms with E-state index in [0.29, 0.717) is 29.1 Å². The van der Waals surface area contributed by atoms with E-state index in [1.54, 1.807) is 54.2 Å². The van der Waals surface area contributed by atoms with Gasteiger partial charge in [-0.05, 0) is 34.7 Å². The number of nitrogens with one attached hydrogen (secondary N) is 1. The maximum Gasteiger partial charge on any atom is 0.262 e. The van der Waals surface area contributed by atoms with Gasteiger partial charge >= 0.3 is 0 Å².